The Morgan fingerprint density at radius 2 is 2.31 bits per heavy atom. The molecule has 0 N–H and O–H groups in total. The molecule has 3 nitrogen and oxygen atoms in total. The molecule has 1 aromatic heterocycles. The van der Waals surface area contributed by atoms with Crippen LogP contribution in [0.25, 0.3) is 0 Å². The van der Waals surface area contributed by atoms with Crippen molar-refractivity contribution in [3.8, 4) is 11.6 Å². The highest BCUT2D eigenvalue weighted by molar-refractivity contribution is 9.10. The zero-order valence-electron chi connectivity index (χ0n) is 7.29. The van der Waals surface area contributed by atoms with Crippen LogP contribution in [0, 0.1) is 0 Å². The highest BCUT2D eigenvalue weighted by Gasteiger charge is 2.23. The molecule has 0 spiro atoms. The minimum atomic E-state index is 0.405. The summed E-state index contributed by atoms with van der Waals surface area (Å²) in [6, 6.07) is 1.88. The van der Waals surface area contributed by atoms with Crippen LogP contribution in [-0.4, -0.2) is 18.2 Å². The average molecular weight is 244 g/mol. The summed E-state index contributed by atoms with van der Waals surface area (Å²) >= 11 is 3.35. The molecule has 0 bridgehead atoms. The molecule has 1 heterocycles. The van der Waals surface area contributed by atoms with Gasteiger partial charge in [0.2, 0.25) is 5.88 Å². The minimum Gasteiger partial charge on any atom is -0.489 e. The second-order valence-corrected chi connectivity index (χ2v) is 3.83. The third kappa shape index (κ3) is 2.12. The molecule has 0 aliphatic heterocycles. The second kappa shape index (κ2) is 3.54. The summed E-state index contributed by atoms with van der Waals surface area (Å²) in [4.78, 5) is 4.08. The number of methoxy groups -OCH3 is 1. The first-order valence-corrected chi connectivity index (χ1v) is 4.95. The maximum absolute atomic E-state index is 5.56. The summed E-state index contributed by atoms with van der Waals surface area (Å²) in [5.41, 5.74) is 0. The first-order valence-electron chi connectivity index (χ1n) is 4.16. The lowest BCUT2D eigenvalue weighted by atomic mass is 10.4. The number of ether oxygens (including phenoxy) is 2. The number of pyridine rings is 1. The summed E-state index contributed by atoms with van der Waals surface area (Å²) in [6.45, 7) is 0. The predicted molar refractivity (Wildman–Crippen MR) is 52.1 cm³/mol. The Balaban J connectivity index is 2.13. The largest absolute Gasteiger partial charge is 0.489 e. The second-order valence-electron chi connectivity index (χ2n) is 2.98. The van der Waals surface area contributed by atoms with Gasteiger partial charge in [0.25, 0.3) is 0 Å². The fourth-order valence-corrected chi connectivity index (χ4v) is 1.49. The molecule has 0 aromatic carbocycles. The average Bonchev–Trinajstić information content (AvgIpc) is 2.89. The van der Waals surface area contributed by atoms with Crippen molar-refractivity contribution < 1.29 is 9.47 Å². The van der Waals surface area contributed by atoms with Gasteiger partial charge < -0.3 is 9.47 Å². The van der Waals surface area contributed by atoms with E-state index in [1.54, 1.807) is 13.3 Å². The van der Waals surface area contributed by atoms with Gasteiger partial charge in [0.1, 0.15) is 5.75 Å². The Hall–Kier alpha value is -0.770. The predicted octanol–water partition coefficient (Wildman–Crippen LogP) is 2.39. The molecule has 0 saturated heterocycles. The van der Waals surface area contributed by atoms with E-state index in [4.69, 9.17) is 9.47 Å². The maximum Gasteiger partial charge on any atom is 0.227 e. The Bertz CT molecular complexity index is 312. The molecule has 0 amide bonds. The number of nitrogens with zero attached hydrogens (tertiary/aromatic N) is 1. The third-order valence-corrected chi connectivity index (χ3v) is 2.37. The Morgan fingerprint density at radius 3 is 2.85 bits per heavy atom. The number of aromatic nitrogens is 1. The van der Waals surface area contributed by atoms with E-state index in [0.29, 0.717) is 12.0 Å². The van der Waals surface area contributed by atoms with Gasteiger partial charge >= 0.3 is 0 Å². The topological polar surface area (TPSA) is 31.4 Å². The van der Waals surface area contributed by atoms with Crippen molar-refractivity contribution >= 4 is 15.9 Å². The van der Waals surface area contributed by atoms with E-state index in [0.717, 1.165) is 23.1 Å². The van der Waals surface area contributed by atoms with Gasteiger partial charge in [0.05, 0.1) is 23.9 Å². The monoisotopic (exact) mass is 243 g/mol. The molecular formula is C9H10BrNO2. The number of halogens is 1. The molecule has 2 rings (SSSR count). The number of hydrogen-bond acceptors (Lipinski definition) is 3. The molecule has 1 aliphatic carbocycles. The standard InChI is InChI=1S/C9H10BrNO2/c1-12-9-8(10)4-7(5-11-9)13-6-2-3-6/h4-6H,2-3H2,1H3. The summed E-state index contributed by atoms with van der Waals surface area (Å²) in [5.74, 6) is 1.39. The van der Waals surface area contributed by atoms with Crippen molar-refractivity contribution in [2.24, 2.45) is 0 Å². The maximum atomic E-state index is 5.56. The van der Waals surface area contributed by atoms with Gasteiger partial charge in [-0.15, -0.1) is 0 Å². The third-order valence-electron chi connectivity index (χ3n) is 1.80. The molecule has 1 saturated carbocycles. The van der Waals surface area contributed by atoms with Crippen LogP contribution in [0.15, 0.2) is 16.7 Å². The van der Waals surface area contributed by atoms with Crippen molar-refractivity contribution in [2.75, 3.05) is 7.11 Å². The normalized spacial score (nSPS) is 15.5. The van der Waals surface area contributed by atoms with E-state index in [-0.39, 0.29) is 0 Å². The van der Waals surface area contributed by atoms with Crippen molar-refractivity contribution in [1.29, 1.82) is 0 Å². The van der Waals surface area contributed by atoms with E-state index in [9.17, 15) is 0 Å². The molecule has 4 heteroatoms. The van der Waals surface area contributed by atoms with Crippen LogP contribution in [0.1, 0.15) is 12.8 Å². The molecule has 70 valence electrons. The van der Waals surface area contributed by atoms with Crippen molar-refractivity contribution in [2.45, 2.75) is 18.9 Å². The van der Waals surface area contributed by atoms with Crippen molar-refractivity contribution in [1.82, 2.24) is 4.98 Å². The zero-order chi connectivity index (χ0) is 9.26. The smallest absolute Gasteiger partial charge is 0.227 e. The molecule has 0 atom stereocenters. The van der Waals surface area contributed by atoms with E-state index >= 15 is 0 Å². The number of rotatable bonds is 3. The van der Waals surface area contributed by atoms with E-state index < -0.39 is 0 Å². The molecular weight excluding hydrogens is 234 g/mol. The fraction of sp³-hybridized carbons (Fsp3) is 0.444. The lowest BCUT2D eigenvalue weighted by Crippen LogP contribution is -1.97. The lowest BCUT2D eigenvalue weighted by molar-refractivity contribution is 0.300. The van der Waals surface area contributed by atoms with Gasteiger partial charge in [-0.1, -0.05) is 0 Å². The van der Waals surface area contributed by atoms with Crippen molar-refractivity contribution in [3.63, 3.8) is 0 Å². The van der Waals surface area contributed by atoms with Gasteiger partial charge in [-0.2, -0.15) is 0 Å². The van der Waals surface area contributed by atoms with Gasteiger partial charge in [-0.3, -0.25) is 0 Å². The minimum absolute atomic E-state index is 0.405. The van der Waals surface area contributed by atoms with E-state index in [1.807, 2.05) is 6.07 Å². The molecule has 0 radical (unpaired) electrons. The first-order chi connectivity index (χ1) is 6.29. The molecule has 1 aromatic rings. The SMILES string of the molecule is COc1ncc(OC2CC2)cc1Br. The highest BCUT2D eigenvalue weighted by atomic mass is 79.9. The van der Waals surface area contributed by atoms with E-state index in [1.165, 1.54) is 0 Å². The first kappa shape index (κ1) is 8.81. The van der Waals surface area contributed by atoms with Gasteiger partial charge in [-0.25, -0.2) is 4.98 Å². The van der Waals surface area contributed by atoms with Gasteiger partial charge in [-0.05, 0) is 28.8 Å². The van der Waals surface area contributed by atoms with Crippen LogP contribution in [-0.2, 0) is 0 Å². The zero-order valence-corrected chi connectivity index (χ0v) is 8.87. The van der Waals surface area contributed by atoms with Gasteiger partial charge in [0, 0.05) is 6.07 Å². The molecule has 1 aliphatic rings. The summed E-state index contributed by atoms with van der Waals surface area (Å²) < 4.78 is 11.4. The Morgan fingerprint density at radius 1 is 1.54 bits per heavy atom. The molecule has 0 unspecified atom stereocenters. The van der Waals surface area contributed by atoms with Crippen LogP contribution in [0.2, 0.25) is 0 Å². The van der Waals surface area contributed by atoms with Crippen LogP contribution < -0.4 is 9.47 Å². The summed E-state index contributed by atoms with van der Waals surface area (Å²) in [6.07, 6.45) is 4.40. The summed E-state index contributed by atoms with van der Waals surface area (Å²) in [7, 11) is 1.59. The Kier molecular flexibility index (Phi) is 2.40. The van der Waals surface area contributed by atoms with Crippen LogP contribution in [0.3, 0.4) is 0 Å². The molecule has 13 heavy (non-hydrogen) atoms. The fourth-order valence-electron chi connectivity index (χ4n) is 1.00. The lowest BCUT2D eigenvalue weighted by Gasteiger charge is -2.06. The van der Waals surface area contributed by atoms with Crippen LogP contribution in [0.5, 0.6) is 11.6 Å². The summed E-state index contributed by atoms with van der Waals surface area (Å²) in [5, 5.41) is 0. The Labute approximate surface area is 85.2 Å². The van der Waals surface area contributed by atoms with Crippen LogP contribution >= 0.6 is 15.9 Å². The molecule has 1 fully saturated rings. The van der Waals surface area contributed by atoms with Crippen LogP contribution in [0.4, 0.5) is 0 Å². The highest BCUT2D eigenvalue weighted by Crippen LogP contribution is 2.30. The quantitative estimate of drug-likeness (QED) is 0.818. The van der Waals surface area contributed by atoms with Gasteiger partial charge in [0.15, 0.2) is 0 Å². The number of hydrogen-bond donors (Lipinski definition) is 0. The van der Waals surface area contributed by atoms with Crippen molar-refractivity contribution in [3.05, 3.63) is 16.7 Å². The van der Waals surface area contributed by atoms with E-state index in [2.05, 4.69) is 20.9 Å².